The van der Waals surface area contributed by atoms with E-state index in [4.69, 9.17) is 4.74 Å². The monoisotopic (exact) mass is 360 g/mol. The Kier molecular flexibility index (Phi) is 5.01. The van der Waals surface area contributed by atoms with Crippen molar-refractivity contribution in [1.82, 2.24) is 4.31 Å². The fourth-order valence-electron chi connectivity index (χ4n) is 3.25. The lowest BCUT2D eigenvalue weighted by Crippen LogP contribution is -2.48. The van der Waals surface area contributed by atoms with Gasteiger partial charge in [-0.1, -0.05) is 18.2 Å². The predicted octanol–water partition coefficient (Wildman–Crippen LogP) is 2.82. The van der Waals surface area contributed by atoms with Crippen LogP contribution in [0.4, 0.5) is 5.69 Å². The Morgan fingerprint density at radius 2 is 1.60 bits per heavy atom. The molecule has 134 valence electrons. The van der Waals surface area contributed by atoms with E-state index in [0.717, 1.165) is 5.56 Å². The molecule has 0 radical (unpaired) electrons. The Morgan fingerprint density at radius 1 is 0.920 bits per heavy atom. The standard InChI is InChI=1S/C19H24N2O3S/c1-15-6-4-5-7-18(15)20-10-12-21(13-11-20)25(22,23)17-8-9-19(24-3)16(2)14-17/h4-9,14H,10-13H2,1-3H3. The average molecular weight is 360 g/mol. The third-order valence-electron chi connectivity index (χ3n) is 4.70. The molecule has 6 heteroatoms. The molecule has 0 saturated carbocycles. The summed E-state index contributed by atoms with van der Waals surface area (Å²) >= 11 is 0. The second-order valence-corrected chi connectivity index (χ2v) is 8.25. The molecule has 0 amide bonds. The van der Waals surface area contributed by atoms with Crippen LogP contribution in [0, 0.1) is 13.8 Å². The first-order valence-corrected chi connectivity index (χ1v) is 9.83. The number of ether oxygens (including phenoxy) is 1. The van der Waals surface area contributed by atoms with Gasteiger partial charge in [0.05, 0.1) is 12.0 Å². The smallest absolute Gasteiger partial charge is 0.243 e. The molecule has 1 heterocycles. The van der Waals surface area contributed by atoms with Gasteiger partial charge in [-0.05, 0) is 49.2 Å². The number of aryl methyl sites for hydroxylation is 2. The molecule has 0 spiro atoms. The summed E-state index contributed by atoms with van der Waals surface area (Å²) < 4.78 is 32.6. The van der Waals surface area contributed by atoms with Crippen molar-refractivity contribution in [3.8, 4) is 5.75 Å². The molecule has 0 aliphatic carbocycles. The number of piperazine rings is 1. The highest BCUT2D eigenvalue weighted by molar-refractivity contribution is 7.89. The summed E-state index contributed by atoms with van der Waals surface area (Å²) in [5, 5.41) is 0. The van der Waals surface area contributed by atoms with Gasteiger partial charge in [0.2, 0.25) is 10.0 Å². The molecule has 2 aromatic carbocycles. The second kappa shape index (κ2) is 7.06. The van der Waals surface area contributed by atoms with Crippen molar-refractivity contribution in [3.05, 3.63) is 53.6 Å². The average Bonchev–Trinajstić information content (AvgIpc) is 2.62. The van der Waals surface area contributed by atoms with Crippen LogP contribution in [0.1, 0.15) is 11.1 Å². The number of anilines is 1. The van der Waals surface area contributed by atoms with Crippen LogP contribution in [-0.4, -0.2) is 46.0 Å². The van der Waals surface area contributed by atoms with Gasteiger partial charge in [-0.2, -0.15) is 4.31 Å². The fourth-order valence-corrected chi connectivity index (χ4v) is 4.76. The lowest BCUT2D eigenvalue weighted by Gasteiger charge is -2.36. The summed E-state index contributed by atoms with van der Waals surface area (Å²) in [6.45, 7) is 6.30. The first kappa shape index (κ1) is 17.8. The highest BCUT2D eigenvalue weighted by Gasteiger charge is 2.29. The first-order chi connectivity index (χ1) is 11.9. The topological polar surface area (TPSA) is 49.9 Å². The molecule has 0 aromatic heterocycles. The van der Waals surface area contributed by atoms with Gasteiger partial charge in [-0.15, -0.1) is 0 Å². The van der Waals surface area contributed by atoms with E-state index in [1.165, 1.54) is 11.3 Å². The van der Waals surface area contributed by atoms with Crippen molar-refractivity contribution >= 4 is 15.7 Å². The summed E-state index contributed by atoms with van der Waals surface area (Å²) in [6.07, 6.45) is 0. The zero-order valence-electron chi connectivity index (χ0n) is 14.9. The number of benzene rings is 2. The van der Waals surface area contributed by atoms with Gasteiger partial charge in [0.1, 0.15) is 5.75 Å². The van der Waals surface area contributed by atoms with Crippen molar-refractivity contribution in [2.45, 2.75) is 18.7 Å². The second-order valence-electron chi connectivity index (χ2n) is 6.31. The van der Waals surface area contributed by atoms with E-state index in [-0.39, 0.29) is 0 Å². The molecule has 1 fully saturated rings. The summed E-state index contributed by atoms with van der Waals surface area (Å²) in [4.78, 5) is 2.58. The molecule has 1 aliphatic heterocycles. The van der Waals surface area contributed by atoms with Crippen molar-refractivity contribution in [2.75, 3.05) is 38.2 Å². The van der Waals surface area contributed by atoms with Gasteiger partial charge in [0, 0.05) is 31.9 Å². The number of hydrogen-bond acceptors (Lipinski definition) is 4. The molecule has 0 N–H and O–H groups in total. The predicted molar refractivity (Wildman–Crippen MR) is 99.9 cm³/mol. The van der Waals surface area contributed by atoms with Gasteiger partial charge in [0.25, 0.3) is 0 Å². The number of rotatable bonds is 4. The summed E-state index contributed by atoms with van der Waals surface area (Å²) in [6, 6.07) is 13.2. The third kappa shape index (κ3) is 3.50. The minimum absolute atomic E-state index is 0.329. The molecule has 0 unspecified atom stereocenters. The number of sulfonamides is 1. The Balaban J connectivity index is 1.76. The third-order valence-corrected chi connectivity index (χ3v) is 6.59. The van der Waals surface area contributed by atoms with Crippen molar-refractivity contribution in [1.29, 1.82) is 0 Å². The van der Waals surface area contributed by atoms with Gasteiger partial charge in [-0.3, -0.25) is 0 Å². The zero-order valence-corrected chi connectivity index (χ0v) is 15.7. The highest BCUT2D eigenvalue weighted by atomic mass is 32.2. The van der Waals surface area contributed by atoms with E-state index in [1.807, 2.05) is 19.1 Å². The van der Waals surface area contributed by atoms with Crippen LogP contribution >= 0.6 is 0 Å². The van der Waals surface area contributed by atoms with E-state index in [1.54, 1.807) is 29.6 Å². The molecule has 1 aliphatic rings. The molecule has 2 aromatic rings. The summed E-state index contributed by atoms with van der Waals surface area (Å²) in [7, 11) is -1.89. The van der Waals surface area contributed by atoms with Crippen LogP contribution in [0.3, 0.4) is 0 Å². The Labute approximate surface area is 149 Å². The quantitative estimate of drug-likeness (QED) is 0.841. The van der Waals surface area contributed by atoms with E-state index in [9.17, 15) is 8.42 Å². The van der Waals surface area contributed by atoms with Gasteiger partial charge < -0.3 is 9.64 Å². The van der Waals surface area contributed by atoms with E-state index < -0.39 is 10.0 Å². The maximum absolute atomic E-state index is 12.9. The highest BCUT2D eigenvalue weighted by Crippen LogP contribution is 2.26. The normalized spacial score (nSPS) is 16.0. The van der Waals surface area contributed by atoms with E-state index in [2.05, 4.69) is 24.0 Å². The number of methoxy groups -OCH3 is 1. The molecular formula is C19H24N2O3S. The maximum Gasteiger partial charge on any atom is 0.243 e. The molecule has 0 atom stereocenters. The Bertz CT molecular complexity index is 857. The minimum Gasteiger partial charge on any atom is -0.496 e. The maximum atomic E-state index is 12.9. The molecular weight excluding hydrogens is 336 g/mol. The molecule has 5 nitrogen and oxygen atoms in total. The number of nitrogens with zero attached hydrogens (tertiary/aromatic N) is 2. The lowest BCUT2D eigenvalue weighted by atomic mass is 10.1. The Morgan fingerprint density at radius 3 is 2.20 bits per heavy atom. The number of para-hydroxylation sites is 1. The van der Waals surface area contributed by atoms with Crippen molar-refractivity contribution in [2.24, 2.45) is 0 Å². The van der Waals surface area contributed by atoms with Crippen LogP contribution in [0.15, 0.2) is 47.4 Å². The molecule has 3 rings (SSSR count). The van der Waals surface area contributed by atoms with Gasteiger partial charge in [0.15, 0.2) is 0 Å². The Hall–Kier alpha value is -2.05. The van der Waals surface area contributed by atoms with Crippen molar-refractivity contribution in [3.63, 3.8) is 0 Å². The van der Waals surface area contributed by atoms with E-state index >= 15 is 0 Å². The van der Waals surface area contributed by atoms with Crippen LogP contribution in [0.2, 0.25) is 0 Å². The van der Waals surface area contributed by atoms with Gasteiger partial charge >= 0.3 is 0 Å². The van der Waals surface area contributed by atoms with Crippen LogP contribution in [0.5, 0.6) is 5.75 Å². The lowest BCUT2D eigenvalue weighted by molar-refractivity contribution is 0.384. The van der Waals surface area contributed by atoms with Crippen LogP contribution < -0.4 is 9.64 Å². The molecule has 25 heavy (non-hydrogen) atoms. The largest absolute Gasteiger partial charge is 0.496 e. The van der Waals surface area contributed by atoms with E-state index in [0.29, 0.717) is 36.8 Å². The van der Waals surface area contributed by atoms with Crippen LogP contribution in [-0.2, 0) is 10.0 Å². The number of hydrogen-bond donors (Lipinski definition) is 0. The van der Waals surface area contributed by atoms with Crippen LogP contribution in [0.25, 0.3) is 0 Å². The van der Waals surface area contributed by atoms with Crippen molar-refractivity contribution < 1.29 is 13.2 Å². The SMILES string of the molecule is COc1ccc(S(=O)(=O)N2CCN(c3ccccc3C)CC2)cc1C. The fraction of sp³-hybridized carbons (Fsp3) is 0.368. The minimum atomic E-state index is -3.47. The molecule has 0 bridgehead atoms. The van der Waals surface area contributed by atoms with Gasteiger partial charge in [-0.25, -0.2) is 8.42 Å². The summed E-state index contributed by atoms with van der Waals surface area (Å²) in [5.41, 5.74) is 3.21. The zero-order chi connectivity index (χ0) is 18.0. The molecule has 1 saturated heterocycles. The first-order valence-electron chi connectivity index (χ1n) is 8.39. The summed E-state index contributed by atoms with van der Waals surface area (Å²) in [5.74, 6) is 0.698.